The van der Waals surface area contributed by atoms with Crippen LogP contribution >= 0.6 is 0 Å². The molecule has 1 heterocycles. The average molecular weight is 415 g/mol. The Morgan fingerprint density at radius 2 is 1.77 bits per heavy atom. The van der Waals surface area contributed by atoms with Crippen molar-refractivity contribution in [2.45, 2.75) is 44.6 Å². The van der Waals surface area contributed by atoms with Gasteiger partial charge in [0.1, 0.15) is 12.6 Å². The number of ether oxygens (including phenoxy) is 1. The lowest BCUT2D eigenvalue weighted by Crippen LogP contribution is -2.52. The number of hydrogen-bond acceptors (Lipinski definition) is 5. The number of anilines is 2. The van der Waals surface area contributed by atoms with Gasteiger partial charge in [-0.25, -0.2) is 0 Å². The fourth-order valence-electron chi connectivity index (χ4n) is 4.51. The summed E-state index contributed by atoms with van der Waals surface area (Å²) in [4.78, 5) is 29.1. The number of benzene rings is 1. The molecular formula is C23H34N4O3. The molecule has 0 aromatic heterocycles. The highest BCUT2D eigenvalue weighted by Gasteiger charge is 2.32. The standard InChI is InChI=1S/C23H34N4O3/c24-13-21(26(14-17-3-1-4-17)15-18-5-2-6-18)23(29)25-19-7-9-20(10-8-19)27-11-12-30-16-22(27)28/h7-10,17-18,21H,1-6,11-16,24H2,(H,25,29)/t21-/m1/s1. The van der Waals surface area contributed by atoms with E-state index in [-0.39, 0.29) is 24.5 Å². The second kappa shape index (κ2) is 9.90. The van der Waals surface area contributed by atoms with Gasteiger partial charge in [-0.1, -0.05) is 12.8 Å². The molecule has 3 fully saturated rings. The lowest BCUT2D eigenvalue weighted by molar-refractivity contribution is -0.125. The fourth-order valence-corrected chi connectivity index (χ4v) is 4.51. The predicted octanol–water partition coefficient (Wildman–Crippen LogP) is 2.22. The Bertz CT molecular complexity index is 714. The molecule has 0 bridgehead atoms. The highest BCUT2D eigenvalue weighted by Crippen LogP contribution is 2.31. The van der Waals surface area contributed by atoms with E-state index in [4.69, 9.17) is 10.5 Å². The van der Waals surface area contributed by atoms with Gasteiger partial charge < -0.3 is 20.7 Å². The molecular weight excluding hydrogens is 380 g/mol. The van der Waals surface area contributed by atoms with E-state index in [1.165, 1.54) is 38.5 Å². The largest absolute Gasteiger partial charge is 0.370 e. The third kappa shape index (κ3) is 5.02. The highest BCUT2D eigenvalue weighted by atomic mass is 16.5. The summed E-state index contributed by atoms with van der Waals surface area (Å²) in [5, 5.41) is 3.04. The zero-order chi connectivity index (χ0) is 20.9. The lowest BCUT2D eigenvalue weighted by Gasteiger charge is -2.40. The summed E-state index contributed by atoms with van der Waals surface area (Å²) in [6, 6.07) is 7.15. The molecule has 3 aliphatic rings. The van der Waals surface area contributed by atoms with Crippen LogP contribution in [0.3, 0.4) is 0 Å². The molecule has 2 amide bonds. The molecule has 1 aliphatic heterocycles. The minimum Gasteiger partial charge on any atom is -0.370 e. The molecule has 3 N–H and O–H groups in total. The summed E-state index contributed by atoms with van der Waals surface area (Å²) < 4.78 is 5.19. The normalized spacial score (nSPS) is 21.3. The van der Waals surface area contributed by atoms with Crippen molar-refractivity contribution in [2.75, 3.05) is 49.6 Å². The quantitative estimate of drug-likeness (QED) is 0.647. The Labute approximate surface area is 178 Å². The third-order valence-corrected chi connectivity index (χ3v) is 6.83. The maximum absolute atomic E-state index is 13.1. The van der Waals surface area contributed by atoms with Crippen LogP contribution in [0, 0.1) is 11.8 Å². The summed E-state index contributed by atoms with van der Waals surface area (Å²) in [5.74, 6) is 1.34. The molecule has 164 valence electrons. The van der Waals surface area contributed by atoms with Crippen molar-refractivity contribution < 1.29 is 14.3 Å². The maximum Gasteiger partial charge on any atom is 0.253 e. The molecule has 4 rings (SSSR count). The number of nitrogens with two attached hydrogens (primary N) is 1. The minimum absolute atomic E-state index is 0.0358. The number of rotatable bonds is 9. The summed E-state index contributed by atoms with van der Waals surface area (Å²) in [6.45, 7) is 3.49. The summed E-state index contributed by atoms with van der Waals surface area (Å²) in [7, 11) is 0. The van der Waals surface area contributed by atoms with Crippen LogP contribution in [0.25, 0.3) is 0 Å². The van der Waals surface area contributed by atoms with Gasteiger partial charge in [-0.2, -0.15) is 0 Å². The van der Waals surface area contributed by atoms with E-state index in [2.05, 4.69) is 10.2 Å². The zero-order valence-electron chi connectivity index (χ0n) is 17.7. The van der Waals surface area contributed by atoms with Crippen LogP contribution in [-0.4, -0.2) is 62.1 Å². The van der Waals surface area contributed by atoms with E-state index < -0.39 is 0 Å². The van der Waals surface area contributed by atoms with Gasteiger partial charge >= 0.3 is 0 Å². The smallest absolute Gasteiger partial charge is 0.253 e. The first-order chi connectivity index (χ1) is 14.6. The minimum atomic E-state index is -0.299. The Morgan fingerprint density at radius 1 is 1.13 bits per heavy atom. The summed E-state index contributed by atoms with van der Waals surface area (Å²) >= 11 is 0. The van der Waals surface area contributed by atoms with Crippen LogP contribution < -0.4 is 16.0 Å². The van der Waals surface area contributed by atoms with Gasteiger partial charge in [0.2, 0.25) is 5.91 Å². The monoisotopic (exact) mass is 414 g/mol. The average Bonchev–Trinajstić information content (AvgIpc) is 2.68. The second-order valence-electron chi connectivity index (χ2n) is 8.93. The number of hydrogen-bond donors (Lipinski definition) is 2. The van der Waals surface area contributed by atoms with Crippen LogP contribution in [0.2, 0.25) is 0 Å². The number of carbonyl (C=O) groups is 2. The fraction of sp³-hybridized carbons (Fsp3) is 0.652. The number of morpholine rings is 1. The van der Waals surface area contributed by atoms with E-state index in [0.29, 0.717) is 31.5 Å². The van der Waals surface area contributed by atoms with Crippen molar-refractivity contribution in [1.82, 2.24) is 4.90 Å². The summed E-state index contributed by atoms with van der Waals surface area (Å²) in [6.07, 6.45) is 7.67. The van der Waals surface area contributed by atoms with Gasteiger partial charge in [0.15, 0.2) is 0 Å². The molecule has 0 unspecified atom stereocenters. The van der Waals surface area contributed by atoms with Crippen LogP contribution in [0.4, 0.5) is 11.4 Å². The summed E-state index contributed by atoms with van der Waals surface area (Å²) in [5.41, 5.74) is 7.64. The molecule has 30 heavy (non-hydrogen) atoms. The van der Waals surface area contributed by atoms with Gasteiger partial charge in [0.25, 0.3) is 5.91 Å². The number of nitrogens with one attached hydrogen (secondary N) is 1. The van der Waals surface area contributed by atoms with Gasteiger partial charge in [-0.15, -0.1) is 0 Å². The Kier molecular flexibility index (Phi) is 7.02. The van der Waals surface area contributed by atoms with Crippen LogP contribution in [0.5, 0.6) is 0 Å². The maximum atomic E-state index is 13.1. The van der Waals surface area contributed by atoms with Crippen molar-refractivity contribution in [1.29, 1.82) is 0 Å². The molecule has 7 heteroatoms. The van der Waals surface area contributed by atoms with Crippen LogP contribution in [-0.2, 0) is 14.3 Å². The Balaban J connectivity index is 1.38. The van der Waals surface area contributed by atoms with Crippen molar-refractivity contribution in [2.24, 2.45) is 17.6 Å². The van der Waals surface area contributed by atoms with Crippen molar-refractivity contribution in [3.05, 3.63) is 24.3 Å². The van der Waals surface area contributed by atoms with E-state index in [1.54, 1.807) is 4.90 Å². The topological polar surface area (TPSA) is 87.9 Å². The van der Waals surface area contributed by atoms with Crippen molar-refractivity contribution >= 4 is 23.2 Å². The molecule has 1 saturated heterocycles. The third-order valence-electron chi connectivity index (χ3n) is 6.83. The van der Waals surface area contributed by atoms with E-state index in [9.17, 15) is 9.59 Å². The molecule has 2 aliphatic carbocycles. The van der Waals surface area contributed by atoms with Crippen molar-refractivity contribution in [3.63, 3.8) is 0 Å². The van der Waals surface area contributed by atoms with E-state index in [0.717, 1.165) is 24.5 Å². The van der Waals surface area contributed by atoms with Crippen molar-refractivity contribution in [3.8, 4) is 0 Å². The van der Waals surface area contributed by atoms with Gasteiger partial charge in [0.05, 0.1) is 6.61 Å². The molecule has 1 aromatic carbocycles. The van der Waals surface area contributed by atoms with Crippen LogP contribution in [0.15, 0.2) is 24.3 Å². The predicted molar refractivity (Wildman–Crippen MR) is 117 cm³/mol. The van der Waals surface area contributed by atoms with E-state index in [1.807, 2.05) is 24.3 Å². The molecule has 0 spiro atoms. The molecule has 1 aromatic rings. The second-order valence-corrected chi connectivity index (χ2v) is 8.93. The van der Waals surface area contributed by atoms with Gasteiger partial charge in [-0.3, -0.25) is 14.5 Å². The van der Waals surface area contributed by atoms with Gasteiger partial charge in [-0.05, 0) is 61.8 Å². The molecule has 0 radical (unpaired) electrons. The Morgan fingerprint density at radius 3 is 2.27 bits per heavy atom. The van der Waals surface area contributed by atoms with E-state index >= 15 is 0 Å². The van der Waals surface area contributed by atoms with Gasteiger partial charge in [0, 0.05) is 37.6 Å². The first-order valence-corrected chi connectivity index (χ1v) is 11.4. The molecule has 7 nitrogen and oxygen atoms in total. The molecule has 1 atom stereocenters. The number of carbonyl (C=O) groups excluding carboxylic acids is 2. The lowest BCUT2D eigenvalue weighted by atomic mass is 9.82. The van der Waals surface area contributed by atoms with Crippen LogP contribution in [0.1, 0.15) is 38.5 Å². The zero-order valence-corrected chi connectivity index (χ0v) is 17.7. The number of nitrogens with zero attached hydrogens (tertiary/aromatic N) is 2. The first kappa shape index (κ1) is 21.3. The molecule has 2 saturated carbocycles. The highest BCUT2D eigenvalue weighted by molar-refractivity contribution is 5.97. The Hall–Kier alpha value is -1.96. The first-order valence-electron chi connectivity index (χ1n) is 11.4. The SMILES string of the molecule is NC[C@H](C(=O)Nc1ccc(N2CCOCC2=O)cc1)N(CC1CCC1)CC1CCC1. The number of amides is 2.